The summed E-state index contributed by atoms with van der Waals surface area (Å²) in [5.41, 5.74) is 0.680. The van der Waals surface area contributed by atoms with Crippen molar-refractivity contribution in [2.75, 3.05) is 25.6 Å². The van der Waals surface area contributed by atoms with Crippen molar-refractivity contribution in [2.24, 2.45) is 0 Å². The van der Waals surface area contributed by atoms with Crippen LogP contribution < -0.4 is 20.1 Å². The molecular formula is C21H25N9O4. The van der Waals surface area contributed by atoms with E-state index in [-0.39, 0.29) is 18.2 Å². The molecule has 3 heterocycles. The zero-order valence-corrected chi connectivity index (χ0v) is 19.2. The summed E-state index contributed by atoms with van der Waals surface area (Å²) in [6.45, 7) is 6.05. The molecular weight excluding hydrogens is 442 g/mol. The van der Waals surface area contributed by atoms with Gasteiger partial charge in [0.05, 0.1) is 31.8 Å². The topological polar surface area (TPSA) is 173 Å². The molecule has 1 amide bonds. The third kappa shape index (κ3) is 6.76. The van der Waals surface area contributed by atoms with Crippen LogP contribution in [0.1, 0.15) is 32.9 Å². The number of methoxy groups -OCH3 is 1. The third-order valence-corrected chi connectivity index (χ3v) is 4.07. The predicted octanol–water partition coefficient (Wildman–Crippen LogP) is 2.57. The fraction of sp³-hybridized carbons (Fsp3) is 0.381. The minimum Gasteiger partial charge on any atom is -0.480 e. The van der Waals surface area contributed by atoms with Crippen LogP contribution in [0.2, 0.25) is 0 Å². The summed E-state index contributed by atoms with van der Waals surface area (Å²) in [6, 6.07) is 3.62. The number of nitrogens with zero attached hydrogens (tertiary/aromatic N) is 6. The third-order valence-electron chi connectivity index (χ3n) is 4.07. The lowest BCUT2D eigenvalue weighted by Crippen LogP contribution is -2.33. The van der Waals surface area contributed by atoms with Crippen LogP contribution in [0.5, 0.6) is 11.8 Å². The number of hydrogen-bond donors (Lipinski definition) is 3. The van der Waals surface area contributed by atoms with Gasteiger partial charge in [-0.15, -0.1) is 0 Å². The van der Waals surface area contributed by atoms with E-state index in [0.29, 0.717) is 41.7 Å². The van der Waals surface area contributed by atoms with Crippen LogP contribution in [0.3, 0.4) is 0 Å². The quantitative estimate of drug-likeness (QED) is 0.395. The number of alkyl carbamates (subject to hydrolysis) is 1. The number of aromatic amines is 1. The van der Waals surface area contributed by atoms with Crippen molar-refractivity contribution in [3.05, 3.63) is 30.5 Å². The Bertz CT molecular complexity index is 1150. The second-order valence-electron chi connectivity index (χ2n) is 7.88. The Kier molecular flexibility index (Phi) is 7.75. The number of amides is 1. The molecule has 0 aliphatic carbocycles. The number of hydrogen-bond acceptors (Lipinski definition) is 11. The minimum absolute atomic E-state index is 0.211. The smallest absolute Gasteiger partial charge is 0.407 e. The van der Waals surface area contributed by atoms with Gasteiger partial charge in [0.25, 0.3) is 0 Å². The predicted molar refractivity (Wildman–Crippen MR) is 121 cm³/mol. The van der Waals surface area contributed by atoms with Crippen molar-refractivity contribution in [1.29, 1.82) is 5.26 Å². The Morgan fingerprint density at radius 3 is 2.62 bits per heavy atom. The van der Waals surface area contributed by atoms with Gasteiger partial charge in [0.1, 0.15) is 29.4 Å². The molecule has 3 N–H and O–H groups in total. The molecule has 0 saturated heterocycles. The highest BCUT2D eigenvalue weighted by atomic mass is 16.6. The van der Waals surface area contributed by atoms with E-state index in [4.69, 9.17) is 19.5 Å². The monoisotopic (exact) mass is 467 g/mol. The van der Waals surface area contributed by atoms with Crippen LogP contribution in [0, 0.1) is 11.3 Å². The van der Waals surface area contributed by atoms with E-state index in [2.05, 4.69) is 40.8 Å². The van der Waals surface area contributed by atoms with Crippen LogP contribution in [0.25, 0.3) is 11.3 Å². The largest absolute Gasteiger partial charge is 0.480 e. The average Bonchev–Trinajstić information content (AvgIpc) is 3.25. The van der Waals surface area contributed by atoms with Crippen LogP contribution in [0.4, 0.5) is 16.4 Å². The van der Waals surface area contributed by atoms with Crippen molar-refractivity contribution in [1.82, 2.24) is 35.5 Å². The number of rotatable bonds is 9. The minimum atomic E-state index is -0.558. The molecule has 0 aliphatic heterocycles. The second-order valence-corrected chi connectivity index (χ2v) is 7.88. The van der Waals surface area contributed by atoms with Crippen molar-refractivity contribution in [3.63, 3.8) is 0 Å². The van der Waals surface area contributed by atoms with E-state index in [1.807, 2.05) is 6.07 Å². The van der Waals surface area contributed by atoms with Gasteiger partial charge in [-0.3, -0.25) is 5.10 Å². The van der Waals surface area contributed by atoms with Gasteiger partial charge < -0.3 is 24.8 Å². The van der Waals surface area contributed by atoms with E-state index in [1.165, 1.54) is 25.8 Å². The molecule has 0 aliphatic rings. The maximum atomic E-state index is 11.7. The highest BCUT2D eigenvalue weighted by Gasteiger charge is 2.19. The summed E-state index contributed by atoms with van der Waals surface area (Å²) in [7, 11) is 1.49. The SMILES string of the molecule is COc1ncnc(OCCCNC(=O)OC(C)(C)C)c1-c1cc(Nc2cnc(C#N)cn2)n[nH]1. The molecule has 0 aromatic carbocycles. The Labute approximate surface area is 195 Å². The molecule has 0 spiro atoms. The molecule has 0 radical (unpaired) electrons. The molecule has 0 unspecified atom stereocenters. The fourth-order valence-corrected chi connectivity index (χ4v) is 2.69. The molecule has 13 heteroatoms. The summed E-state index contributed by atoms with van der Waals surface area (Å²) in [5.74, 6) is 1.46. The van der Waals surface area contributed by atoms with Crippen LogP contribution in [0.15, 0.2) is 24.8 Å². The highest BCUT2D eigenvalue weighted by Crippen LogP contribution is 2.35. The van der Waals surface area contributed by atoms with Gasteiger partial charge in [-0.2, -0.15) is 10.4 Å². The maximum absolute atomic E-state index is 11.7. The number of H-pyrrole nitrogens is 1. The molecule has 3 aromatic rings. The van der Waals surface area contributed by atoms with E-state index < -0.39 is 11.7 Å². The number of ether oxygens (including phenoxy) is 3. The van der Waals surface area contributed by atoms with Gasteiger partial charge in [-0.25, -0.2) is 24.7 Å². The first-order valence-electron chi connectivity index (χ1n) is 10.3. The Morgan fingerprint density at radius 1 is 1.15 bits per heavy atom. The highest BCUT2D eigenvalue weighted by molar-refractivity contribution is 5.73. The lowest BCUT2D eigenvalue weighted by atomic mass is 10.2. The van der Waals surface area contributed by atoms with Gasteiger partial charge in [0.15, 0.2) is 11.5 Å². The molecule has 0 atom stereocenters. The summed E-state index contributed by atoms with van der Waals surface area (Å²) in [4.78, 5) is 28.1. The van der Waals surface area contributed by atoms with E-state index in [9.17, 15) is 4.79 Å². The van der Waals surface area contributed by atoms with E-state index in [1.54, 1.807) is 26.8 Å². The standard InChI is InChI=1S/C21H25N9O4/c1-21(2,3)34-20(31)23-6-5-7-33-19-17(18(32-4)26-12-27-19)14-8-15(30-29-14)28-16-11-24-13(9-22)10-25-16/h8,10-12H,5-7H2,1-4H3,(H,23,31)(H2,25,28,29,30). The van der Waals surface area contributed by atoms with Crippen molar-refractivity contribution >= 4 is 17.7 Å². The van der Waals surface area contributed by atoms with Gasteiger partial charge in [-0.1, -0.05) is 0 Å². The normalized spacial score (nSPS) is 10.8. The first kappa shape index (κ1) is 24.2. The number of anilines is 2. The Balaban J connectivity index is 1.64. The van der Waals surface area contributed by atoms with Crippen LogP contribution in [-0.4, -0.2) is 62.1 Å². The molecule has 178 valence electrons. The molecule has 3 aromatic heterocycles. The van der Waals surface area contributed by atoms with Crippen molar-refractivity contribution in [3.8, 4) is 29.1 Å². The molecule has 0 fully saturated rings. The Hall–Kier alpha value is -4.47. The fourth-order valence-electron chi connectivity index (χ4n) is 2.69. The molecule has 0 saturated carbocycles. The zero-order chi connectivity index (χ0) is 24.6. The van der Waals surface area contributed by atoms with E-state index in [0.717, 1.165) is 0 Å². The van der Waals surface area contributed by atoms with E-state index >= 15 is 0 Å². The number of nitriles is 1. The summed E-state index contributed by atoms with van der Waals surface area (Å²) < 4.78 is 16.4. The number of carbonyl (C=O) groups excluding carboxylic acids is 1. The number of nitrogens with one attached hydrogen (secondary N) is 3. The van der Waals surface area contributed by atoms with Crippen molar-refractivity contribution < 1.29 is 19.0 Å². The van der Waals surface area contributed by atoms with Crippen LogP contribution in [-0.2, 0) is 4.74 Å². The lowest BCUT2D eigenvalue weighted by Gasteiger charge is -2.19. The molecule has 0 bridgehead atoms. The molecule has 34 heavy (non-hydrogen) atoms. The number of aromatic nitrogens is 6. The average molecular weight is 467 g/mol. The lowest BCUT2D eigenvalue weighted by molar-refractivity contribution is 0.0525. The van der Waals surface area contributed by atoms with Gasteiger partial charge in [-0.05, 0) is 27.2 Å². The first-order valence-corrected chi connectivity index (χ1v) is 10.3. The second kappa shape index (κ2) is 10.9. The Morgan fingerprint density at radius 2 is 1.94 bits per heavy atom. The zero-order valence-electron chi connectivity index (χ0n) is 19.2. The van der Waals surface area contributed by atoms with Gasteiger partial charge >= 0.3 is 6.09 Å². The van der Waals surface area contributed by atoms with Crippen LogP contribution >= 0.6 is 0 Å². The van der Waals surface area contributed by atoms with Gasteiger partial charge in [0.2, 0.25) is 11.8 Å². The van der Waals surface area contributed by atoms with Gasteiger partial charge in [0, 0.05) is 12.6 Å². The van der Waals surface area contributed by atoms with Crippen molar-refractivity contribution in [2.45, 2.75) is 32.8 Å². The molecule has 13 nitrogen and oxygen atoms in total. The number of carbonyl (C=O) groups is 1. The maximum Gasteiger partial charge on any atom is 0.407 e. The first-order chi connectivity index (χ1) is 16.3. The summed E-state index contributed by atoms with van der Waals surface area (Å²) >= 11 is 0. The molecule has 3 rings (SSSR count). The summed E-state index contributed by atoms with van der Waals surface area (Å²) in [5, 5.41) is 21.6. The summed E-state index contributed by atoms with van der Waals surface area (Å²) in [6.07, 6.45) is 4.16.